The van der Waals surface area contributed by atoms with Crippen molar-refractivity contribution in [2.24, 2.45) is 0 Å². The first-order valence-corrected chi connectivity index (χ1v) is 8.05. The number of hydrogen-bond acceptors (Lipinski definition) is 3. The number of amides is 1. The third-order valence-electron chi connectivity index (χ3n) is 4.42. The molecule has 1 aliphatic rings. The molecule has 0 fully saturated rings. The number of carbonyl (C=O) groups is 1. The van der Waals surface area contributed by atoms with Crippen LogP contribution < -0.4 is 5.32 Å². The van der Waals surface area contributed by atoms with Gasteiger partial charge in [0, 0.05) is 0 Å². The third-order valence-corrected chi connectivity index (χ3v) is 4.42. The zero-order valence-corrected chi connectivity index (χ0v) is 13.6. The lowest BCUT2D eigenvalue weighted by molar-refractivity contribution is 0.0858. The fraction of sp³-hybridized carbons (Fsp3) is 0.444. The van der Waals surface area contributed by atoms with E-state index in [0.717, 1.165) is 19.3 Å². The molecule has 1 atom stereocenters. The summed E-state index contributed by atoms with van der Waals surface area (Å²) in [4.78, 5) is 16.8. The maximum Gasteiger partial charge on any atom is 0.270 e. The molecule has 0 spiro atoms. The Morgan fingerprint density at radius 1 is 1.43 bits per heavy atom. The molecule has 1 unspecified atom stereocenters. The zero-order valence-electron chi connectivity index (χ0n) is 13.6. The molecule has 1 aromatic carbocycles. The van der Waals surface area contributed by atoms with E-state index in [4.69, 9.17) is 0 Å². The van der Waals surface area contributed by atoms with Gasteiger partial charge >= 0.3 is 0 Å². The minimum atomic E-state index is -0.656. The molecule has 0 bridgehead atoms. The van der Waals surface area contributed by atoms with Gasteiger partial charge in [-0.15, -0.1) is 0 Å². The quantitative estimate of drug-likeness (QED) is 0.910. The number of aryl methyl sites for hydroxylation is 1. The number of aliphatic hydroxyl groups excluding tert-OH is 1. The van der Waals surface area contributed by atoms with Crippen LogP contribution in [0.5, 0.6) is 0 Å². The van der Waals surface area contributed by atoms with Gasteiger partial charge in [0.05, 0.1) is 30.7 Å². The van der Waals surface area contributed by atoms with E-state index in [2.05, 4.69) is 28.5 Å². The van der Waals surface area contributed by atoms with E-state index in [9.17, 15) is 9.90 Å². The molecule has 2 aromatic rings. The summed E-state index contributed by atoms with van der Waals surface area (Å²) in [6.07, 6.45) is 6.51. The standard InChI is InChI=1S/C18H23N3O2/c1-18(2,11-22)20-17(23)16-10-19-12-21(16)15-9-5-7-13-6-3-4-8-14(13)15/h3-4,6,8,10,12,15,22H,5,7,9,11H2,1-2H3,(H,20,23). The Morgan fingerprint density at radius 2 is 2.22 bits per heavy atom. The van der Waals surface area contributed by atoms with E-state index in [0.29, 0.717) is 5.69 Å². The van der Waals surface area contributed by atoms with Crippen molar-refractivity contribution < 1.29 is 9.90 Å². The van der Waals surface area contributed by atoms with Crippen LogP contribution in [0.25, 0.3) is 0 Å². The highest BCUT2D eigenvalue weighted by Gasteiger charge is 2.27. The normalized spacial score (nSPS) is 17.6. The molecule has 122 valence electrons. The van der Waals surface area contributed by atoms with Crippen LogP contribution in [0, 0.1) is 0 Å². The van der Waals surface area contributed by atoms with E-state index in [1.807, 2.05) is 10.6 Å². The summed E-state index contributed by atoms with van der Waals surface area (Å²) in [5, 5.41) is 12.2. The smallest absolute Gasteiger partial charge is 0.270 e. The van der Waals surface area contributed by atoms with E-state index in [-0.39, 0.29) is 18.6 Å². The molecule has 1 amide bonds. The summed E-state index contributed by atoms with van der Waals surface area (Å²) in [6.45, 7) is 3.47. The Hall–Kier alpha value is -2.14. The average Bonchev–Trinajstić information content (AvgIpc) is 3.03. The van der Waals surface area contributed by atoms with Gasteiger partial charge in [-0.05, 0) is 44.2 Å². The van der Waals surface area contributed by atoms with E-state index < -0.39 is 5.54 Å². The van der Waals surface area contributed by atoms with Crippen LogP contribution in [0.15, 0.2) is 36.8 Å². The number of fused-ring (bicyclic) bond motifs is 1. The van der Waals surface area contributed by atoms with E-state index in [1.54, 1.807) is 26.4 Å². The lowest BCUT2D eigenvalue weighted by Gasteiger charge is -2.29. The average molecular weight is 313 g/mol. The molecular formula is C18H23N3O2. The van der Waals surface area contributed by atoms with Crippen molar-refractivity contribution in [3.05, 3.63) is 53.6 Å². The van der Waals surface area contributed by atoms with Gasteiger partial charge in [-0.2, -0.15) is 0 Å². The summed E-state index contributed by atoms with van der Waals surface area (Å²) in [6, 6.07) is 8.54. The molecule has 23 heavy (non-hydrogen) atoms. The van der Waals surface area contributed by atoms with Crippen molar-refractivity contribution in [3.63, 3.8) is 0 Å². The van der Waals surface area contributed by atoms with Crippen LogP contribution in [0.3, 0.4) is 0 Å². The minimum absolute atomic E-state index is 0.112. The molecule has 0 radical (unpaired) electrons. The molecular weight excluding hydrogens is 290 g/mol. The predicted molar refractivity (Wildman–Crippen MR) is 88.4 cm³/mol. The topological polar surface area (TPSA) is 67.2 Å². The second-order valence-electron chi connectivity index (χ2n) is 6.79. The molecule has 1 heterocycles. The maximum absolute atomic E-state index is 12.6. The van der Waals surface area contributed by atoms with Crippen LogP contribution in [0.1, 0.15) is 54.3 Å². The number of carbonyl (C=O) groups excluding carboxylic acids is 1. The molecule has 0 saturated heterocycles. The van der Waals surface area contributed by atoms with Crippen molar-refractivity contribution in [2.75, 3.05) is 6.61 Å². The summed E-state index contributed by atoms with van der Waals surface area (Å²) in [5.41, 5.74) is 2.50. The second-order valence-corrected chi connectivity index (χ2v) is 6.79. The van der Waals surface area contributed by atoms with Crippen molar-refractivity contribution in [1.29, 1.82) is 0 Å². The summed E-state index contributed by atoms with van der Waals surface area (Å²) < 4.78 is 1.96. The highest BCUT2D eigenvalue weighted by Crippen LogP contribution is 2.33. The largest absolute Gasteiger partial charge is 0.394 e. The Kier molecular flexibility index (Phi) is 4.22. The van der Waals surface area contributed by atoms with Gasteiger partial charge < -0.3 is 15.0 Å². The summed E-state index contributed by atoms with van der Waals surface area (Å²) in [7, 11) is 0. The first-order valence-electron chi connectivity index (χ1n) is 8.05. The predicted octanol–water partition coefficient (Wildman–Crippen LogP) is 2.31. The van der Waals surface area contributed by atoms with Gasteiger partial charge in [0.15, 0.2) is 0 Å². The number of imidazole rings is 1. The lowest BCUT2D eigenvalue weighted by atomic mass is 9.87. The van der Waals surface area contributed by atoms with E-state index in [1.165, 1.54) is 11.1 Å². The fourth-order valence-electron chi connectivity index (χ4n) is 3.16. The van der Waals surface area contributed by atoms with Crippen LogP contribution in [0.4, 0.5) is 0 Å². The van der Waals surface area contributed by atoms with Crippen LogP contribution in [-0.4, -0.2) is 32.7 Å². The van der Waals surface area contributed by atoms with Gasteiger partial charge in [-0.3, -0.25) is 4.79 Å². The minimum Gasteiger partial charge on any atom is -0.394 e. The first-order chi connectivity index (χ1) is 11.0. The van der Waals surface area contributed by atoms with Crippen molar-refractivity contribution in [1.82, 2.24) is 14.9 Å². The molecule has 3 rings (SSSR count). The molecule has 1 aliphatic carbocycles. The van der Waals surface area contributed by atoms with Gasteiger partial charge in [-0.25, -0.2) is 4.98 Å². The summed E-state index contributed by atoms with van der Waals surface area (Å²) in [5.74, 6) is -0.204. The van der Waals surface area contributed by atoms with Gasteiger partial charge in [0.25, 0.3) is 5.91 Å². The molecule has 2 N–H and O–H groups in total. The van der Waals surface area contributed by atoms with Crippen molar-refractivity contribution >= 4 is 5.91 Å². The van der Waals surface area contributed by atoms with Crippen molar-refractivity contribution in [3.8, 4) is 0 Å². The van der Waals surface area contributed by atoms with Gasteiger partial charge in [-0.1, -0.05) is 24.3 Å². The number of aromatic nitrogens is 2. The van der Waals surface area contributed by atoms with Crippen LogP contribution >= 0.6 is 0 Å². The monoisotopic (exact) mass is 313 g/mol. The Bertz CT molecular complexity index is 706. The van der Waals surface area contributed by atoms with Crippen LogP contribution in [-0.2, 0) is 6.42 Å². The maximum atomic E-state index is 12.6. The fourth-order valence-corrected chi connectivity index (χ4v) is 3.16. The molecule has 0 saturated carbocycles. The Balaban J connectivity index is 1.92. The first kappa shape index (κ1) is 15.7. The highest BCUT2D eigenvalue weighted by molar-refractivity contribution is 5.93. The second kappa shape index (κ2) is 6.16. The summed E-state index contributed by atoms with van der Waals surface area (Å²) >= 11 is 0. The number of hydrogen-bond donors (Lipinski definition) is 2. The van der Waals surface area contributed by atoms with Gasteiger partial charge in [0.1, 0.15) is 5.69 Å². The molecule has 5 heteroatoms. The SMILES string of the molecule is CC(C)(CO)NC(=O)c1cncn1C1CCCc2ccccc21. The number of benzene rings is 1. The number of aliphatic hydroxyl groups is 1. The van der Waals surface area contributed by atoms with Crippen LogP contribution in [0.2, 0.25) is 0 Å². The molecule has 5 nitrogen and oxygen atoms in total. The number of nitrogens with zero attached hydrogens (tertiary/aromatic N) is 2. The molecule has 1 aromatic heterocycles. The number of rotatable bonds is 4. The van der Waals surface area contributed by atoms with Gasteiger partial charge in [0.2, 0.25) is 0 Å². The third kappa shape index (κ3) is 3.15. The molecule has 0 aliphatic heterocycles. The Morgan fingerprint density at radius 3 is 3.00 bits per heavy atom. The zero-order chi connectivity index (χ0) is 16.4. The van der Waals surface area contributed by atoms with Crippen molar-refractivity contribution in [2.45, 2.75) is 44.7 Å². The highest BCUT2D eigenvalue weighted by atomic mass is 16.3. The van der Waals surface area contributed by atoms with E-state index >= 15 is 0 Å². The number of nitrogens with one attached hydrogen (secondary N) is 1. The Labute approximate surface area is 136 Å². The lowest BCUT2D eigenvalue weighted by Crippen LogP contribution is -2.47.